The van der Waals surface area contributed by atoms with Crippen molar-refractivity contribution in [1.29, 1.82) is 0 Å². The Hall–Kier alpha value is -1.36. The van der Waals surface area contributed by atoms with Crippen molar-refractivity contribution in [3.05, 3.63) is 17.0 Å². The molecule has 1 aromatic rings. The summed E-state index contributed by atoms with van der Waals surface area (Å²) in [6, 6.07) is 4.17. The van der Waals surface area contributed by atoms with Gasteiger partial charge in [0.05, 0.1) is 11.2 Å². The molecule has 0 radical (unpaired) electrons. The third-order valence-corrected chi connectivity index (χ3v) is 3.77. The minimum atomic E-state index is -0.144. The topological polar surface area (TPSA) is 44.7 Å². The molecule has 2 rings (SSSR count). The average molecular weight is 251 g/mol. The number of anilines is 1. The molecule has 1 aliphatic rings. The van der Waals surface area contributed by atoms with Crippen LogP contribution in [0.3, 0.4) is 0 Å². The molecule has 0 aromatic carbocycles. The van der Waals surface area contributed by atoms with Gasteiger partial charge in [0.2, 0.25) is 5.91 Å². The summed E-state index contributed by atoms with van der Waals surface area (Å²) in [4.78, 5) is 14.1. The monoisotopic (exact) mass is 251 g/mol. The van der Waals surface area contributed by atoms with E-state index in [9.17, 15) is 4.79 Å². The maximum atomic E-state index is 10.7. The Labute approximate surface area is 105 Å². The lowest BCUT2D eigenvalue weighted by Crippen LogP contribution is -2.28. The number of hydrazone groups is 1. The SMILES string of the molecule is CC(=O)N/N=C\c1ccc(N2CCCCC2)s1. The minimum absolute atomic E-state index is 0.144. The molecule has 1 aromatic heterocycles. The summed E-state index contributed by atoms with van der Waals surface area (Å²) in [7, 11) is 0. The predicted octanol–water partition coefficient (Wildman–Crippen LogP) is 2.21. The number of amides is 1. The third-order valence-electron chi connectivity index (χ3n) is 2.69. The first-order valence-corrected chi connectivity index (χ1v) is 6.72. The molecule has 0 bridgehead atoms. The number of carbonyl (C=O) groups is 1. The number of hydrogen-bond donors (Lipinski definition) is 1. The van der Waals surface area contributed by atoms with Crippen LogP contribution in [0.4, 0.5) is 5.00 Å². The molecule has 4 nitrogen and oxygen atoms in total. The maximum Gasteiger partial charge on any atom is 0.236 e. The highest BCUT2D eigenvalue weighted by Crippen LogP contribution is 2.27. The highest BCUT2D eigenvalue weighted by atomic mass is 32.1. The van der Waals surface area contributed by atoms with Gasteiger partial charge in [0.15, 0.2) is 0 Å². The molecular formula is C12H17N3OS. The lowest BCUT2D eigenvalue weighted by Gasteiger charge is -2.27. The zero-order valence-electron chi connectivity index (χ0n) is 9.98. The quantitative estimate of drug-likeness (QED) is 0.661. The molecule has 0 saturated carbocycles. The van der Waals surface area contributed by atoms with E-state index in [1.807, 2.05) is 6.07 Å². The second kappa shape index (κ2) is 5.82. The van der Waals surface area contributed by atoms with Gasteiger partial charge in [0.25, 0.3) is 0 Å². The van der Waals surface area contributed by atoms with Crippen LogP contribution in [0.15, 0.2) is 17.2 Å². The Morgan fingerprint density at radius 1 is 1.41 bits per heavy atom. The lowest BCUT2D eigenvalue weighted by atomic mass is 10.1. The summed E-state index contributed by atoms with van der Waals surface area (Å²) < 4.78 is 0. The number of hydrogen-bond acceptors (Lipinski definition) is 4. The molecule has 0 atom stereocenters. The standard InChI is InChI=1S/C12H17N3OS/c1-10(16)14-13-9-11-5-6-12(17-11)15-7-3-2-4-8-15/h5-6,9H,2-4,7-8H2,1H3,(H,14,16)/b13-9-. The molecule has 5 heteroatoms. The molecular weight excluding hydrogens is 234 g/mol. The van der Waals surface area contributed by atoms with Crippen LogP contribution in [0.25, 0.3) is 0 Å². The van der Waals surface area contributed by atoms with Gasteiger partial charge < -0.3 is 4.90 Å². The van der Waals surface area contributed by atoms with Crippen molar-refractivity contribution in [2.24, 2.45) is 5.10 Å². The van der Waals surface area contributed by atoms with Crippen molar-refractivity contribution < 1.29 is 4.79 Å². The Bertz CT molecular complexity index is 408. The second-order valence-electron chi connectivity index (χ2n) is 4.15. The Balaban J connectivity index is 1.95. The van der Waals surface area contributed by atoms with Crippen molar-refractivity contribution in [1.82, 2.24) is 5.43 Å². The third kappa shape index (κ3) is 3.56. The zero-order valence-corrected chi connectivity index (χ0v) is 10.8. The van der Waals surface area contributed by atoms with Crippen molar-refractivity contribution in [2.75, 3.05) is 18.0 Å². The number of rotatable bonds is 3. The molecule has 0 aliphatic carbocycles. The minimum Gasteiger partial charge on any atom is -0.363 e. The molecule has 1 fully saturated rings. The fourth-order valence-corrected chi connectivity index (χ4v) is 2.81. The largest absolute Gasteiger partial charge is 0.363 e. The Morgan fingerprint density at radius 3 is 2.88 bits per heavy atom. The molecule has 1 saturated heterocycles. The summed E-state index contributed by atoms with van der Waals surface area (Å²) in [5, 5.41) is 5.17. The van der Waals surface area contributed by atoms with E-state index in [4.69, 9.17) is 0 Å². The van der Waals surface area contributed by atoms with Gasteiger partial charge in [0.1, 0.15) is 0 Å². The van der Waals surface area contributed by atoms with Gasteiger partial charge >= 0.3 is 0 Å². The smallest absolute Gasteiger partial charge is 0.236 e. The van der Waals surface area contributed by atoms with Gasteiger partial charge in [-0.15, -0.1) is 11.3 Å². The lowest BCUT2D eigenvalue weighted by molar-refractivity contribution is -0.118. The van der Waals surface area contributed by atoms with Gasteiger partial charge in [-0.3, -0.25) is 4.79 Å². The van der Waals surface area contributed by atoms with Crippen molar-refractivity contribution >= 4 is 28.5 Å². The van der Waals surface area contributed by atoms with Crippen LogP contribution in [0.5, 0.6) is 0 Å². The molecule has 1 amide bonds. The molecule has 17 heavy (non-hydrogen) atoms. The predicted molar refractivity (Wildman–Crippen MR) is 71.8 cm³/mol. The number of nitrogens with zero attached hydrogens (tertiary/aromatic N) is 2. The van der Waals surface area contributed by atoms with E-state index in [1.165, 1.54) is 31.2 Å². The number of piperidine rings is 1. The van der Waals surface area contributed by atoms with E-state index >= 15 is 0 Å². The van der Waals surface area contributed by atoms with E-state index in [0.717, 1.165) is 18.0 Å². The van der Waals surface area contributed by atoms with Crippen LogP contribution in [0, 0.1) is 0 Å². The van der Waals surface area contributed by atoms with Crippen LogP contribution in [-0.4, -0.2) is 25.2 Å². The molecule has 0 spiro atoms. The van der Waals surface area contributed by atoms with Gasteiger partial charge in [-0.1, -0.05) is 0 Å². The van der Waals surface area contributed by atoms with Gasteiger partial charge in [-0.2, -0.15) is 5.10 Å². The van der Waals surface area contributed by atoms with Gasteiger partial charge in [-0.25, -0.2) is 5.43 Å². The van der Waals surface area contributed by atoms with Gasteiger partial charge in [0, 0.05) is 24.9 Å². The fourth-order valence-electron chi connectivity index (χ4n) is 1.88. The van der Waals surface area contributed by atoms with Crippen molar-refractivity contribution in [3.8, 4) is 0 Å². The molecule has 1 aliphatic heterocycles. The molecule has 0 unspecified atom stereocenters. The summed E-state index contributed by atoms with van der Waals surface area (Å²) >= 11 is 1.72. The average Bonchev–Trinajstić information content (AvgIpc) is 2.78. The second-order valence-corrected chi connectivity index (χ2v) is 5.24. The molecule has 92 valence electrons. The van der Waals surface area contributed by atoms with Crippen LogP contribution < -0.4 is 10.3 Å². The van der Waals surface area contributed by atoms with Crippen LogP contribution in [-0.2, 0) is 4.79 Å². The molecule has 1 N–H and O–H groups in total. The van der Waals surface area contributed by atoms with Crippen LogP contribution >= 0.6 is 11.3 Å². The highest BCUT2D eigenvalue weighted by molar-refractivity contribution is 7.17. The number of nitrogens with one attached hydrogen (secondary N) is 1. The zero-order chi connectivity index (χ0) is 12.1. The van der Waals surface area contributed by atoms with E-state index in [1.54, 1.807) is 17.6 Å². The summed E-state index contributed by atoms with van der Waals surface area (Å²) in [5.41, 5.74) is 2.41. The maximum absolute atomic E-state index is 10.7. The number of carbonyl (C=O) groups excluding carboxylic acids is 1. The van der Waals surface area contributed by atoms with Crippen LogP contribution in [0.2, 0.25) is 0 Å². The van der Waals surface area contributed by atoms with Crippen molar-refractivity contribution in [3.63, 3.8) is 0 Å². The summed E-state index contributed by atoms with van der Waals surface area (Å²) in [6.45, 7) is 3.76. The number of thiophene rings is 1. The summed E-state index contributed by atoms with van der Waals surface area (Å²) in [6.07, 6.45) is 5.61. The molecule has 2 heterocycles. The van der Waals surface area contributed by atoms with Gasteiger partial charge in [-0.05, 0) is 31.4 Å². The van der Waals surface area contributed by atoms with Crippen molar-refractivity contribution in [2.45, 2.75) is 26.2 Å². The van der Waals surface area contributed by atoms with E-state index < -0.39 is 0 Å². The Kier molecular flexibility index (Phi) is 4.14. The van der Waals surface area contributed by atoms with Crippen LogP contribution in [0.1, 0.15) is 31.1 Å². The van der Waals surface area contributed by atoms with E-state index in [2.05, 4.69) is 21.5 Å². The highest BCUT2D eigenvalue weighted by Gasteiger charge is 2.12. The Morgan fingerprint density at radius 2 is 2.18 bits per heavy atom. The first-order valence-electron chi connectivity index (χ1n) is 5.90. The van der Waals surface area contributed by atoms with E-state index in [0.29, 0.717) is 0 Å². The van der Waals surface area contributed by atoms with E-state index in [-0.39, 0.29) is 5.91 Å². The first-order chi connectivity index (χ1) is 8.25. The normalized spacial score (nSPS) is 16.4. The fraction of sp³-hybridized carbons (Fsp3) is 0.500. The summed E-state index contributed by atoms with van der Waals surface area (Å²) in [5.74, 6) is -0.144. The first kappa shape index (κ1) is 12.1.